The normalized spacial score (nSPS) is 11.8. The third kappa shape index (κ3) is 3.44. The number of nitrogens with one attached hydrogen (secondary N) is 1. The van der Waals surface area contributed by atoms with Gasteiger partial charge in [0, 0.05) is 19.7 Å². The van der Waals surface area contributed by atoms with Crippen LogP contribution < -0.4 is 15.8 Å². The number of halogens is 2. The first kappa shape index (κ1) is 14.7. The molecule has 1 aromatic carbocycles. The SMILES string of the molecule is CN=C(N)Nc1ccc(-c2nncn2C)cc1OC(F)F. The molecule has 21 heavy (non-hydrogen) atoms. The smallest absolute Gasteiger partial charge is 0.387 e. The Balaban J connectivity index is 2.41. The van der Waals surface area contributed by atoms with Crippen LogP contribution in [0.5, 0.6) is 5.75 Å². The van der Waals surface area contributed by atoms with E-state index in [1.807, 2.05) is 0 Å². The molecule has 0 radical (unpaired) electrons. The minimum Gasteiger partial charge on any atom is -0.433 e. The van der Waals surface area contributed by atoms with Crippen molar-refractivity contribution in [1.29, 1.82) is 0 Å². The molecule has 0 bridgehead atoms. The first-order valence-electron chi connectivity index (χ1n) is 5.93. The highest BCUT2D eigenvalue weighted by atomic mass is 19.3. The molecular weight excluding hydrogens is 282 g/mol. The molecule has 3 N–H and O–H groups in total. The van der Waals surface area contributed by atoms with Crippen LogP contribution in [-0.4, -0.2) is 34.4 Å². The number of aryl methyl sites for hydroxylation is 1. The van der Waals surface area contributed by atoms with E-state index in [0.29, 0.717) is 11.4 Å². The van der Waals surface area contributed by atoms with Gasteiger partial charge in [-0.3, -0.25) is 4.99 Å². The van der Waals surface area contributed by atoms with Gasteiger partial charge >= 0.3 is 6.61 Å². The fourth-order valence-corrected chi connectivity index (χ4v) is 1.70. The van der Waals surface area contributed by atoms with Crippen LogP contribution >= 0.6 is 0 Å². The Morgan fingerprint density at radius 2 is 2.24 bits per heavy atom. The summed E-state index contributed by atoms with van der Waals surface area (Å²) in [5, 5.41) is 10.3. The summed E-state index contributed by atoms with van der Waals surface area (Å²) in [5.41, 5.74) is 6.40. The highest BCUT2D eigenvalue weighted by Gasteiger charge is 2.14. The average molecular weight is 296 g/mol. The van der Waals surface area contributed by atoms with E-state index in [2.05, 4.69) is 25.2 Å². The fraction of sp³-hybridized carbons (Fsp3) is 0.250. The fourth-order valence-electron chi connectivity index (χ4n) is 1.70. The maximum atomic E-state index is 12.5. The summed E-state index contributed by atoms with van der Waals surface area (Å²) in [6.07, 6.45) is 1.51. The summed E-state index contributed by atoms with van der Waals surface area (Å²) in [4.78, 5) is 3.70. The number of guanidine groups is 1. The number of aromatic nitrogens is 3. The number of hydrogen-bond acceptors (Lipinski definition) is 4. The van der Waals surface area contributed by atoms with Crippen LogP contribution in [0, 0.1) is 0 Å². The van der Waals surface area contributed by atoms with Crippen molar-refractivity contribution in [2.24, 2.45) is 17.8 Å². The number of anilines is 1. The maximum Gasteiger partial charge on any atom is 0.387 e. The second kappa shape index (κ2) is 6.16. The van der Waals surface area contributed by atoms with E-state index in [9.17, 15) is 8.78 Å². The quantitative estimate of drug-likeness (QED) is 0.658. The summed E-state index contributed by atoms with van der Waals surface area (Å²) in [7, 11) is 3.22. The van der Waals surface area contributed by atoms with Gasteiger partial charge in [-0.15, -0.1) is 10.2 Å². The maximum absolute atomic E-state index is 12.5. The molecule has 9 heteroatoms. The lowest BCUT2D eigenvalue weighted by atomic mass is 10.1. The molecule has 7 nitrogen and oxygen atoms in total. The minimum atomic E-state index is -2.96. The third-order valence-electron chi connectivity index (χ3n) is 2.67. The molecule has 0 amide bonds. The monoisotopic (exact) mass is 296 g/mol. The van der Waals surface area contributed by atoms with E-state index in [0.717, 1.165) is 0 Å². The van der Waals surface area contributed by atoms with E-state index in [1.165, 1.54) is 19.4 Å². The molecule has 1 heterocycles. The van der Waals surface area contributed by atoms with Crippen molar-refractivity contribution < 1.29 is 13.5 Å². The van der Waals surface area contributed by atoms with Crippen molar-refractivity contribution in [3.63, 3.8) is 0 Å². The zero-order chi connectivity index (χ0) is 15.4. The third-order valence-corrected chi connectivity index (χ3v) is 2.67. The zero-order valence-corrected chi connectivity index (χ0v) is 11.4. The van der Waals surface area contributed by atoms with Crippen LogP contribution in [0.25, 0.3) is 11.4 Å². The highest BCUT2D eigenvalue weighted by molar-refractivity contribution is 5.94. The molecule has 0 atom stereocenters. The van der Waals surface area contributed by atoms with Gasteiger partial charge < -0.3 is 20.4 Å². The van der Waals surface area contributed by atoms with Crippen molar-refractivity contribution in [2.45, 2.75) is 6.61 Å². The lowest BCUT2D eigenvalue weighted by Gasteiger charge is -2.13. The summed E-state index contributed by atoms with van der Waals surface area (Å²) >= 11 is 0. The number of benzene rings is 1. The number of rotatable bonds is 4. The van der Waals surface area contributed by atoms with Crippen LogP contribution in [0.3, 0.4) is 0 Å². The van der Waals surface area contributed by atoms with Crippen molar-refractivity contribution in [3.8, 4) is 17.1 Å². The number of nitrogens with zero attached hydrogens (tertiary/aromatic N) is 4. The largest absolute Gasteiger partial charge is 0.433 e. The lowest BCUT2D eigenvalue weighted by molar-refractivity contribution is -0.0493. The molecule has 112 valence electrons. The van der Waals surface area contributed by atoms with Gasteiger partial charge in [-0.2, -0.15) is 8.78 Å². The minimum absolute atomic E-state index is 0.0582. The Morgan fingerprint density at radius 1 is 1.48 bits per heavy atom. The van der Waals surface area contributed by atoms with Crippen LogP contribution in [-0.2, 0) is 7.05 Å². The number of ether oxygens (including phenoxy) is 1. The highest BCUT2D eigenvalue weighted by Crippen LogP contribution is 2.31. The lowest BCUT2D eigenvalue weighted by Crippen LogP contribution is -2.22. The van der Waals surface area contributed by atoms with E-state index in [1.54, 1.807) is 23.7 Å². The Hall–Kier alpha value is -2.71. The van der Waals surface area contributed by atoms with E-state index in [4.69, 9.17) is 5.73 Å². The van der Waals surface area contributed by atoms with Crippen molar-refractivity contribution in [3.05, 3.63) is 24.5 Å². The Labute approximate surface area is 119 Å². The van der Waals surface area contributed by atoms with Crippen molar-refractivity contribution >= 4 is 11.6 Å². The molecule has 1 aromatic heterocycles. The van der Waals surface area contributed by atoms with Gasteiger partial charge in [0.15, 0.2) is 11.8 Å². The van der Waals surface area contributed by atoms with Crippen molar-refractivity contribution in [1.82, 2.24) is 14.8 Å². The van der Waals surface area contributed by atoms with Gasteiger partial charge in [-0.1, -0.05) is 0 Å². The van der Waals surface area contributed by atoms with Gasteiger partial charge in [0.1, 0.15) is 12.1 Å². The predicted octanol–water partition coefficient (Wildman–Crippen LogP) is 1.44. The molecule has 0 saturated heterocycles. The molecule has 0 aliphatic carbocycles. The summed E-state index contributed by atoms with van der Waals surface area (Å²) in [5.74, 6) is 0.551. The number of hydrogen-bond donors (Lipinski definition) is 2. The molecule has 0 aliphatic heterocycles. The average Bonchev–Trinajstić information content (AvgIpc) is 2.86. The first-order valence-corrected chi connectivity index (χ1v) is 5.93. The summed E-state index contributed by atoms with van der Waals surface area (Å²) in [6, 6.07) is 4.68. The van der Waals surface area contributed by atoms with Crippen LogP contribution in [0.2, 0.25) is 0 Å². The van der Waals surface area contributed by atoms with Gasteiger partial charge in [0.05, 0.1) is 5.69 Å². The van der Waals surface area contributed by atoms with Gasteiger partial charge in [0.25, 0.3) is 0 Å². The molecule has 0 unspecified atom stereocenters. The van der Waals surface area contributed by atoms with Gasteiger partial charge in [-0.25, -0.2) is 0 Å². The molecule has 2 rings (SSSR count). The van der Waals surface area contributed by atoms with Crippen LogP contribution in [0.4, 0.5) is 14.5 Å². The summed E-state index contributed by atoms with van der Waals surface area (Å²) in [6.45, 7) is -2.96. The zero-order valence-electron chi connectivity index (χ0n) is 11.4. The second-order valence-corrected chi connectivity index (χ2v) is 4.09. The standard InChI is InChI=1S/C12H14F2N6O/c1-16-12(15)18-8-4-3-7(5-9(8)21-11(13)14)10-19-17-6-20(10)2/h3-6,11H,1-2H3,(H3,15,16,18). The first-order chi connectivity index (χ1) is 10.0. The Kier molecular flexibility index (Phi) is 4.31. The van der Waals surface area contributed by atoms with Crippen LogP contribution in [0.15, 0.2) is 29.5 Å². The second-order valence-electron chi connectivity index (χ2n) is 4.09. The Bertz CT molecular complexity index is 655. The van der Waals surface area contributed by atoms with E-state index in [-0.39, 0.29) is 17.4 Å². The van der Waals surface area contributed by atoms with Crippen molar-refractivity contribution in [2.75, 3.05) is 12.4 Å². The van der Waals surface area contributed by atoms with E-state index >= 15 is 0 Å². The number of alkyl halides is 2. The Morgan fingerprint density at radius 3 is 2.81 bits per heavy atom. The predicted molar refractivity (Wildman–Crippen MR) is 74.2 cm³/mol. The van der Waals surface area contributed by atoms with E-state index < -0.39 is 6.61 Å². The molecule has 0 aliphatic rings. The number of nitrogens with two attached hydrogens (primary N) is 1. The molecule has 2 aromatic rings. The van der Waals surface area contributed by atoms with Gasteiger partial charge in [-0.05, 0) is 18.2 Å². The molecular formula is C12H14F2N6O. The molecule has 0 spiro atoms. The number of aliphatic imine (C=N–C) groups is 1. The van der Waals surface area contributed by atoms with Gasteiger partial charge in [0.2, 0.25) is 0 Å². The topological polar surface area (TPSA) is 90.4 Å². The molecule has 0 saturated carbocycles. The van der Waals surface area contributed by atoms with Crippen LogP contribution in [0.1, 0.15) is 0 Å². The molecule has 0 fully saturated rings. The summed E-state index contributed by atoms with van der Waals surface area (Å²) < 4.78 is 31.2.